The van der Waals surface area contributed by atoms with Gasteiger partial charge < -0.3 is 113 Å². The second-order valence-corrected chi connectivity index (χ2v) is 30.4. The van der Waals surface area contributed by atoms with Gasteiger partial charge in [0.05, 0.1) is 38.0 Å². The molecule has 0 fully saturated rings. The van der Waals surface area contributed by atoms with Crippen LogP contribution in [0.4, 0.5) is 0 Å². The van der Waals surface area contributed by atoms with Crippen LogP contribution in [-0.4, -0.2) is 225 Å². The second kappa shape index (κ2) is 49.4. The van der Waals surface area contributed by atoms with Gasteiger partial charge >= 0.3 is 5.97 Å². The Morgan fingerprint density at radius 3 is 1.36 bits per heavy atom. The Morgan fingerprint density at radius 2 is 0.863 bits per heavy atom. The van der Waals surface area contributed by atoms with Gasteiger partial charge in [-0.15, -0.1) is 0 Å². The van der Waals surface area contributed by atoms with Gasteiger partial charge in [-0.1, -0.05) is 127 Å². The number of carboxylic acid groups (broad SMARTS) is 1. The van der Waals surface area contributed by atoms with Crippen LogP contribution in [0, 0.1) is 17.8 Å². The Hall–Kier alpha value is -11.6. The molecule has 1 aromatic heterocycles. The third-order valence-corrected chi connectivity index (χ3v) is 19.5. The average molecular weight is 1650 g/mol. The van der Waals surface area contributed by atoms with Crippen molar-refractivity contribution in [3.05, 3.63) is 108 Å². The van der Waals surface area contributed by atoms with Gasteiger partial charge in [-0.2, -0.15) is 11.8 Å². The highest BCUT2D eigenvalue weighted by atomic mass is 32.2. The minimum Gasteiger partial charge on any atom is -0.481 e. The number of nitrogens with two attached hydrogens (primary N) is 5. The molecule has 26 N–H and O–H groups in total. The fourth-order valence-electron chi connectivity index (χ4n) is 12.1. The van der Waals surface area contributed by atoms with Gasteiger partial charge in [0.1, 0.15) is 72.5 Å². The van der Waals surface area contributed by atoms with Crippen molar-refractivity contribution in [3.8, 4) is 0 Å². The Kier molecular flexibility index (Phi) is 41.3. The van der Waals surface area contributed by atoms with E-state index in [2.05, 4.69) is 74.1 Å². The number of primary amides is 3. The first-order valence-corrected chi connectivity index (χ1v) is 39.9. The summed E-state index contributed by atoms with van der Waals surface area (Å²) in [6.45, 7) is 11.8. The number of aliphatic hydroxyl groups excluding tert-OH is 1. The van der Waals surface area contributed by atoms with Gasteiger partial charge in [0.15, 0.2) is 0 Å². The molecule has 0 unspecified atom stereocenters. The number of hydrogen-bond donors (Lipinski definition) is 21. The van der Waals surface area contributed by atoms with Crippen molar-refractivity contribution in [1.29, 1.82) is 0 Å². The van der Waals surface area contributed by atoms with Crippen LogP contribution in [0.25, 0.3) is 10.9 Å². The summed E-state index contributed by atoms with van der Waals surface area (Å²) in [6.07, 6.45) is -0.801. The van der Waals surface area contributed by atoms with Crippen molar-refractivity contribution < 1.29 is 91.7 Å². The molecule has 1 heterocycles. The maximum Gasteiger partial charge on any atom is 0.305 e. The summed E-state index contributed by atoms with van der Waals surface area (Å²) in [4.78, 5) is 236. The molecule has 4 aromatic rings. The molecule has 642 valence electrons. The normalized spacial score (nSPS) is 15.1. The van der Waals surface area contributed by atoms with E-state index in [9.17, 15) is 77.3 Å². The lowest BCUT2D eigenvalue weighted by Crippen LogP contribution is -2.62. The highest BCUT2D eigenvalue weighted by molar-refractivity contribution is 7.98. The number of carbonyl (C=O) groups is 17. The summed E-state index contributed by atoms with van der Waals surface area (Å²) in [5, 5.41) is 54.1. The van der Waals surface area contributed by atoms with E-state index in [4.69, 9.17) is 28.7 Å². The number of H-pyrrole nitrogens is 1. The number of carboxylic acids is 1. The number of aliphatic hydroxyl groups is 1. The van der Waals surface area contributed by atoms with E-state index in [1.807, 2.05) is 0 Å². The van der Waals surface area contributed by atoms with Crippen LogP contribution in [0.3, 0.4) is 0 Å². The Labute approximate surface area is 682 Å². The Bertz CT molecular complexity index is 4080. The van der Waals surface area contributed by atoms with Crippen molar-refractivity contribution in [2.45, 2.75) is 217 Å². The molecule has 0 spiro atoms. The van der Waals surface area contributed by atoms with Gasteiger partial charge in [-0.3, -0.25) is 81.5 Å². The topological polar surface area (TPSA) is 633 Å². The molecule has 0 bridgehead atoms. The van der Waals surface area contributed by atoms with Gasteiger partial charge in [0, 0.05) is 36.4 Å². The van der Waals surface area contributed by atoms with Gasteiger partial charge in [0.2, 0.25) is 94.5 Å². The van der Waals surface area contributed by atoms with E-state index < -0.39 is 223 Å². The number of aromatic amines is 1. The van der Waals surface area contributed by atoms with Crippen LogP contribution in [-0.2, 0) is 101 Å². The predicted octanol–water partition coefficient (Wildman–Crippen LogP) is -3.80. The van der Waals surface area contributed by atoms with E-state index in [0.717, 1.165) is 13.8 Å². The largest absolute Gasteiger partial charge is 0.481 e. The predicted molar refractivity (Wildman–Crippen MR) is 433 cm³/mol. The first-order valence-electron chi connectivity index (χ1n) is 38.5. The highest BCUT2D eigenvalue weighted by Crippen LogP contribution is 2.21. The van der Waals surface area contributed by atoms with Crippen LogP contribution in [0.15, 0.2) is 91.1 Å². The number of unbranched alkanes of at least 4 members (excludes halogenated alkanes) is 1. The zero-order valence-corrected chi connectivity index (χ0v) is 68.0. The maximum atomic E-state index is 15.2. The summed E-state index contributed by atoms with van der Waals surface area (Å²) >= 11 is 1.33. The standard InChI is InChI=1S/C78H115N19O19S/c1-10-42(6)64(77(115)95-54(33-46-23-15-12-16-24-46)73(111)91-56(35-59(80)99)67(105)85-39-61(82)101)96-69(107)51(28-30-117-9)88-74(112)55(34-47-38-84-49-26-18-17-25-48(47)49)90-68(106)50(27-19-20-29-79)87-72(110)53(32-45-21-13-11-14-22-45)89-71(109)52(31-40(2)3)94-78(116)65(44(8)98)97-66(104)43(7)86-70(108)58(37-62(102)103)92-75(113)57(36-60(81)100)93-76(114)63(83)41(4)5/h11-18,21-26,38,40-44,50-58,63-65,84,98H,10,19-20,27-37,39,79,83H2,1-9H3,(H2,80,99)(H2,81,100)(H2,82,101)(H,85,105)(H,86,108)(H,87,110)(H,88,112)(H,89,109)(H,90,106)(H,91,111)(H,92,113)(H,93,114)(H,94,116)(H,95,115)(H,96,107)(H,97,104)(H,102,103)/t42-,43-,44+,50-,51-,52-,53-,54-,55-,56-,57-,58-,63-,64-,65-/m0/s1. The molecule has 0 aliphatic rings. The van der Waals surface area contributed by atoms with Crippen LogP contribution in [0.1, 0.15) is 130 Å². The quantitative estimate of drug-likeness (QED) is 0.0189. The van der Waals surface area contributed by atoms with E-state index in [0.29, 0.717) is 40.4 Å². The molecule has 0 saturated carbocycles. The summed E-state index contributed by atoms with van der Waals surface area (Å²) in [7, 11) is 0. The third-order valence-electron chi connectivity index (χ3n) is 18.9. The molecule has 16 amide bonds. The zero-order chi connectivity index (χ0) is 87.3. The molecule has 117 heavy (non-hydrogen) atoms. The zero-order valence-electron chi connectivity index (χ0n) is 67.2. The summed E-state index contributed by atoms with van der Waals surface area (Å²) in [6, 6.07) is 3.76. The van der Waals surface area contributed by atoms with Crippen LogP contribution in [0.5, 0.6) is 0 Å². The van der Waals surface area contributed by atoms with Crippen LogP contribution >= 0.6 is 11.8 Å². The lowest BCUT2D eigenvalue weighted by atomic mass is 9.96. The SMILES string of the molecule is CC[C@H](C)[C@H](NC(=O)[C@H](CCSC)NC(=O)[C@H](Cc1c[nH]c2ccccc12)NC(=O)[C@H](CCCCN)NC(=O)[C@H](Cc1ccccc1)NC(=O)[C@H](CC(C)C)NC(=O)[C@@H](NC(=O)[C@H](C)NC(=O)[C@H](CC(=O)O)NC(=O)[C@H](CC(N)=O)NC(=O)[C@@H](N)C(C)C)[C@@H](C)O)C(=O)N[C@@H](Cc1ccccc1)C(=O)N[C@@H](CC(N)=O)C(=O)NCC(N)=O. The first kappa shape index (κ1) is 97.8. The molecule has 39 heteroatoms. The van der Waals surface area contributed by atoms with Gasteiger partial charge in [-0.25, -0.2) is 0 Å². The number of amides is 16. The van der Waals surface area contributed by atoms with Crippen molar-refractivity contribution in [2.75, 3.05) is 25.1 Å². The summed E-state index contributed by atoms with van der Waals surface area (Å²) < 4.78 is 0. The van der Waals surface area contributed by atoms with Crippen molar-refractivity contribution >= 4 is 123 Å². The highest BCUT2D eigenvalue weighted by Gasteiger charge is 2.40. The Morgan fingerprint density at radius 1 is 0.444 bits per heavy atom. The number of hydrogen-bond acceptors (Lipinski definition) is 21. The van der Waals surface area contributed by atoms with Crippen LogP contribution in [0.2, 0.25) is 0 Å². The molecular weight excluding hydrogens is 1540 g/mol. The molecule has 38 nitrogen and oxygen atoms in total. The first-order chi connectivity index (χ1) is 55.3. The third kappa shape index (κ3) is 33.6. The molecule has 15 atom stereocenters. The lowest BCUT2D eigenvalue weighted by Gasteiger charge is -2.30. The van der Waals surface area contributed by atoms with E-state index in [1.54, 1.807) is 139 Å². The van der Waals surface area contributed by atoms with E-state index >= 15 is 14.4 Å². The van der Waals surface area contributed by atoms with E-state index in [1.165, 1.54) is 11.8 Å². The molecular formula is C78H115N19O19S. The number of nitrogens with one attached hydrogen (secondary N) is 14. The minimum absolute atomic E-state index is 0.0268. The summed E-state index contributed by atoms with van der Waals surface area (Å²) in [5.41, 5.74) is 30.1. The summed E-state index contributed by atoms with van der Waals surface area (Å²) in [5.74, 6) is -18.6. The molecule has 0 saturated heterocycles. The van der Waals surface area contributed by atoms with E-state index in [-0.39, 0.29) is 63.2 Å². The number of thioether (sulfide) groups is 1. The number of carbonyl (C=O) groups excluding carboxylic acids is 16. The molecule has 4 rings (SSSR count). The molecule has 0 aliphatic heterocycles. The second-order valence-electron chi connectivity index (χ2n) is 29.4. The van der Waals surface area contributed by atoms with Crippen molar-refractivity contribution in [3.63, 3.8) is 0 Å². The van der Waals surface area contributed by atoms with Gasteiger partial charge in [-0.05, 0) is 105 Å². The number of para-hydroxylation sites is 1. The molecule has 0 radical (unpaired) electrons. The number of aliphatic carboxylic acids is 1. The minimum atomic E-state index is -1.94. The van der Waals surface area contributed by atoms with Gasteiger partial charge in [0.25, 0.3) is 0 Å². The number of rotatable bonds is 52. The lowest BCUT2D eigenvalue weighted by molar-refractivity contribution is -0.142. The fraction of sp³-hybridized carbons (Fsp3) is 0.526. The number of benzene rings is 3. The average Bonchev–Trinajstić information content (AvgIpc) is 1.75. The van der Waals surface area contributed by atoms with Crippen molar-refractivity contribution in [1.82, 2.24) is 74.1 Å². The van der Waals surface area contributed by atoms with Crippen LogP contribution < -0.4 is 97.8 Å². The number of aromatic nitrogens is 1. The monoisotopic (exact) mass is 1650 g/mol. The smallest absolute Gasteiger partial charge is 0.305 e. The Balaban J connectivity index is 1.67. The fourth-order valence-corrected chi connectivity index (χ4v) is 12.5. The maximum absolute atomic E-state index is 15.2. The molecule has 3 aromatic carbocycles. The van der Waals surface area contributed by atoms with Crippen molar-refractivity contribution in [2.24, 2.45) is 46.4 Å². The number of fused-ring (bicyclic) bond motifs is 1. The molecule has 0 aliphatic carbocycles.